The zero-order chi connectivity index (χ0) is 13.3. The van der Waals surface area contributed by atoms with Gasteiger partial charge in [0.25, 0.3) is 0 Å². The van der Waals surface area contributed by atoms with Crippen LogP contribution in [0.4, 0.5) is 5.69 Å². The van der Waals surface area contributed by atoms with E-state index in [1.54, 1.807) is 31.2 Å². The number of halogens is 1. The molecule has 6 heteroatoms. The Morgan fingerprint density at radius 2 is 1.88 bits per heavy atom. The van der Waals surface area contributed by atoms with E-state index in [4.69, 9.17) is 5.73 Å². The van der Waals surface area contributed by atoms with Gasteiger partial charge >= 0.3 is 0 Å². The summed E-state index contributed by atoms with van der Waals surface area (Å²) in [6.45, 7) is 1.70. The number of nitrogen functional groups attached to an aromatic ring is 1. The first-order valence-corrected chi connectivity index (χ1v) is 7.83. The van der Waals surface area contributed by atoms with Crippen molar-refractivity contribution in [3.63, 3.8) is 0 Å². The fourth-order valence-electron chi connectivity index (χ4n) is 1.59. The van der Waals surface area contributed by atoms with Crippen molar-refractivity contribution in [3.8, 4) is 0 Å². The molecule has 0 aromatic heterocycles. The van der Waals surface area contributed by atoms with Crippen LogP contribution >= 0.6 is 15.9 Å². The molecule has 0 aliphatic carbocycles. The van der Waals surface area contributed by atoms with Crippen molar-refractivity contribution in [2.75, 3.05) is 12.0 Å². The molecule has 0 heterocycles. The lowest BCUT2D eigenvalue weighted by Crippen LogP contribution is -2.37. The van der Waals surface area contributed by atoms with Crippen LogP contribution in [0.25, 0.3) is 0 Å². The summed E-state index contributed by atoms with van der Waals surface area (Å²) < 4.78 is 22.1. The zero-order valence-corrected chi connectivity index (χ0v) is 12.1. The predicted octanol–water partition coefficient (Wildman–Crippen LogP) is 1.85. The molecule has 0 radical (unpaired) electrons. The minimum absolute atomic E-state index is 0.261. The summed E-state index contributed by atoms with van der Waals surface area (Å²) in [6, 6.07) is 6.50. The Morgan fingerprint density at radius 1 is 1.41 bits per heavy atom. The first-order valence-electron chi connectivity index (χ1n) is 5.14. The minimum atomic E-state index is -3.44. The molecular formula is C11H16BrNO3S. The van der Waals surface area contributed by atoms with E-state index in [1.165, 1.54) is 0 Å². The highest BCUT2D eigenvalue weighted by atomic mass is 79.9. The van der Waals surface area contributed by atoms with Gasteiger partial charge in [-0.15, -0.1) is 0 Å². The summed E-state index contributed by atoms with van der Waals surface area (Å²) in [4.78, 5) is 0. The van der Waals surface area contributed by atoms with E-state index in [0.717, 1.165) is 6.26 Å². The van der Waals surface area contributed by atoms with Crippen LogP contribution in [0.2, 0.25) is 0 Å². The Balaban J connectivity index is 3.19. The van der Waals surface area contributed by atoms with E-state index in [2.05, 4.69) is 15.9 Å². The van der Waals surface area contributed by atoms with Crippen LogP contribution in [0.5, 0.6) is 0 Å². The number of rotatable bonds is 4. The van der Waals surface area contributed by atoms with E-state index in [1.807, 2.05) is 0 Å². The molecule has 0 fully saturated rings. The lowest BCUT2D eigenvalue weighted by molar-refractivity contribution is 0.160. The number of benzene rings is 1. The van der Waals surface area contributed by atoms with Crippen molar-refractivity contribution in [2.45, 2.75) is 23.1 Å². The van der Waals surface area contributed by atoms with Gasteiger partial charge < -0.3 is 10.8 Å². The molecule has 0 aliphatic heterocycles. The highest BCUT2D eigenvalue weighted by Crippen LogP contribution is 2.41. The normalized spacial score (nSPS) is 17.4. The quantitative estimate of drug-likeness (QED) is 0.655. The average molecular weight is 322 g/mol. The molecule has 96 valence electrons. The van der Waals surface area contributed by atoms with Gasteiger partial charge in [0.1, 0.15) is 6.10 Å². The van der Waals surface area contributed by atoms with Crippen molar-refractivity contribution >= 4 is 31.5 Å². The van der Waals surface area contributed by atoms with Crippen LogP contribution in [0.1, 0.15) is 25.0 Å². The Morgan fingerprint density at radius 3 is 2.24 bits per heavy atom. The van der Waals surface area contributed by atoms with Gasteiger partial charge in [0.2, 0.25) is 0 Å². The molecule has 0 spiro atoms. The molecule has 4 nitrogen and oxygen atoms in total. The van der Waals surface area contributed by atoms with Gasteiger partial charge in [-0.05, 0) is 24.1 Å². The maximum atomic E-state index is 11.7. The molecule has 1 rings (SSSR count). The number of aliphatic hydroxyl groups excluding tert-OH is 1. The average Bonchev–Trinajstić information content (AvgIpc) is 2.26. The molecule has 0 unspecified atom stereocenters. The number of aliphatic hydroxyl groups is 1. The third-order valence-corrected chi connectivity index (χ3v) is 7.26. The third kappa shape index (κ3) is 2.81. The van der Waals surface area contributed by atoms with E-state index < -0.39 is 19.6 Å². The topological polar surface area (TPSA) is 80.4 Å². The Bertz CT molecular complexity index is 486. The van der Waals surface area contributed by atoms with Gasteiger partial charge in [0.05, 0.1) is 0 Å². The molecule has 0 saturated carbocycles. The Kier molecular flexibility index (Phi) is 4.22. The summed E-state index contributed by atoms with van der Waals surface area (Å²) >= 11 is 3.16. The smallest absolute Gasteiger partial charge is 0.166 e. The Labute approximate surface area is 110 Å². The molecular weight excluding hydrogens is 306 g/mol. The molecule has 3 N–H and O–H groups in total. The molecule has 0 saturated heterocycles. The van der Waals surface area contributed by atoms with E-state index in [9.17, 15) is 13.5 Å². The van der Waals surface area contributed by atoms with Crippen molar-refractivity contribution in [1.82, 2.24) is 0 Å². The fourth-order valence-corrected chi connectivity index (χ4v) is 2.92. The molecule has 0 aliphatic rings. The fraction of sp³-hybridized carbons (Fsp3) is 0.455. The van der Waals surface area contributed by atoms with E-state index in [0.29, 0.717) is 11.3 Å². The second-order valence-electron chi connectivity index (χ2n) is 3.98. The summed E-state index contributed by atoms with van der Waals surface area (Å²) in [7, 11) is -3.44. The van der Waals surface area contributed by atoms with Crippen molar-refractivity contribution in [2.24, 2.45) is 0 Å². The number of sulfone groups is 1. The SMILES string of the molecule is CC[C@@](Br)([C@@H](O)c1ccc(N)cc1)S(C)(=O)=O. The first-order chi connectivity index (χ1) is 7.72. The van der Waals surface area contributed by atoms with Crippen LogP contribution in [-0.2, 0) is 9.84 Å². The van der Waals surface area contributed by atoms with Crippen LogP contribution in [-0.4, -0.2) is 23.4 Å². The summed E-state index contributed by atoms with van der Waals surface area (Å²) in [5.41, 5.74) is 6.63. The van der Waals surface area contributed by atoms with E-state index >= 15 is 0 Å². The minimum Gasteiger partial charge on any atom is -0.399 e. The largest absolute Gasteiger partial charge is 0.399 e. The van der Waals surface area contributed by atoms with Gasteiger partial charge in [-0.25, -0.2) is 8.42 Å². The maximum absolute atomic E-state index is 11.7. The van der Waals surface area contributed by atoms with Gasteiger partial charge in [-0.3, -0.25) is 0 Å². The standard InChI is InChI=1S/C11H16BrNO3S/c1-3-11(12,17(2,15)16)10(14)8-4-6-9(13)7-5-8/h4-7,10,14H,3,13H2,1-2H3/t10-,11-/m0/s1. The molecule has 1 aromatic rings. The number of hydrogen-bond donors (Lipinski definition) is 2. The van der Waals surface area contributed by atoms with Gasteiger partial charge in [-0.1, -0.05) is 35.0 Å². The second kappa shape index (κ2) is 4.96. The molecule has 17 heavy (non-hydrogen) atoms. The number of alkyl halides is 1. The highest BCUT2D eigenvalue weighted by Gasteiger charge is 2.44. The summed E-state index contributed by atoms with van der Waals surface area (Å²) in [6.07, 6.45) is 0.228. The summed E-state index contributed by atoms with van der Waals surface area (Å²) in [5, 5.41) is 10.2. The predicted molar refractivity (Wildman–Crippen MR) is 72.6 cm³/mol. The van der Waals surface area contributed by atoms with Crippen LogP contribution < -0.4 is 5.73 Å². The third-order valence-electron chi connectivity index (χ3n) is 2.76. The van der Waals surface area contributed by atoms with Crippen molar-refractivity contribution in [1.29, 1.82) is 0 Å². The maximum Gasteiger partial charge on any atom is 0.166 e. The second-order valence-corrected chi connectivity index (χ2v) is 8.19. The number of hydrogen-bond acceptors (Lipinski definition) is 4. The van der Waals surface area contributed by atoms with Crippen LogP contribution in [0.15, 0.2) is 24.3 Å². The molecule has 2 atom stereocenters. The van der Waals surface area contributed by atoms with Gasteiger partial charge in [-0.2, -0.15) is 0 Å². The van der Waals surface area contributed by atoms with Crippen molar-refractivity contribution in [3.05, 3.63) is 29.8 Å². The highest BCUT2D eigenvalue weighted by molar-refractivity contribution is 9.11. The van der Waals surface area contributed by atoms with Gasteiger partial charge in [0.15, 0.2) is 13.5 Å². The molecule has 0 amide bonds. The first kappa shape index (κ1) is 14.5. The molecule has 1 aromatic carbocycles. The monoisotopic (exact) mass is 321 g/mol. The lowest BCUT2D eigenvalue weighted by atomic mass is 10.0. The van der Waals surface area contributed by atoms with Crippen molar-refractivity contribution < 1.29 is 13.5 Å². The van der Waals surface area contributed by atoms with E-state index in [-0.39, 0.29) is 6.42 Å². The molecule has 0 bridgehead atoms. The summed E-state index contributed by atoms with van der Waals surface area (Å²) in [5.74, 6) is 0. The lowest BCUT2D eigenvalue weighted by Gasteiger charge is -2.30. The zero-order valence-electron chi connectivity index (χ0n) is 9.72. The number of anilines is 1. The van der Waals surface area contributed by atoms with Crippen LogP contribution in [0, 0.1) is 0 Å². The van der Waals surface area contributed by atoms with Gasteiger partial charge in [0, 0.05) is 11.9 Å². The van der Waals surface area contributed by atoms with Crippen LogP contribution in [0.3, 0.4) is 0 Å². The Hall–Kier alpha value is -0.590. The number of nitrogens with two attached hydrogens (primary N) is 1.